The fraction of sp³-hybridized carbons (Fsp3) is 0.0588. The number of nitrogens with zero attached hydrogens (tertiary/aromatic N) is 2. The largest absolute Gasteiger partial charge is 0.437 e. The van der Waals surface area contributed by atoms with Gasteiger partial charge in [-0.2, -0.15) is 13.2 Å². The molecule has 7 heteroatoms. The molecule has 3 nitrogen and oxygen atoms in total. The standard InChI is InChI=1S/C17H10ClF3N2O/c18-12-6-8-13(9-7-12)24-16-14(17(19,20)21)10-15(22-23-16)11-4-2-1-3-5-11/h1-10H. The van der Waals surface area contributed by atoms with Crippen LogP contribution in [0.5, 0.6) is 11.6 Å². The molecule has 0 aliphatic rings. The number of ether oxygens (including phenoxy) is 1. The molecule has 1 aromatic heterocycles. The first-order valence-electron chi connectivity index (χ1n) is 6.87. The Morgan fingerprint density at radius 3 is 2.17 bits per heavy atom. The third-order valence-electron chi connectivity index (χ3n) is 3.16. The predicted octanol–water partition coefficient (Wildman–Crippen LogP) is 5.61. The highest BCUT2D eigenvalue weighted by atomic mass is 35.5. The maximum atomic E-state index is 13.3. The summed E-state index contributed by atoms with van der Waals surface area (Å²) in [6, 6.07) is 15.3. The van der Waals surface area contributed by atoms with Crippen LogP contribution in [0.25, 0.3) is 11.3 Å². The Labute approximate surface area is 140 Å². The van der Waals surface area contributed by atoms with Gasteiger partial charge < -0.3 is 4.74 Å². The maximum Gasteiger partial charge on any atom is 0.421 e. The number of alkyl halides is 3. The molecule has 0 saturated carbocycles. The van der Waals surface area contributed by atoms with E-state index >= 15 is 0 Å². The van der Waals surface area contributed by atoms with E-state index in [4.69, 9.17) is 16.3 Å². The van der Waals surface area contributed by atoms with E-state index in [2.05, 4.69) is 10.2 Å². The Morgan fingerprint density at radius 1 is 0.875 bits per heavy atom. The second-order valence-corrected chi connectivity index (χ2v) is 5.30. The number of aromatic nitrogens is 2. The average Bonchev–Trinajstić information content (AvgIpc) is 2.57. The van der Waals surface area contributed by atoms with E-state index in [-0.39, 0.29) is 11.4 Å². The van der Waals surface area contributed by atoms with Crippen molar-refractivity contribution in [1.29, 1.82) is 0 Å². The molecule has 0 bridgehead atoms. The molecule has 122 valence electrons. The van der Waals surface area contributed by atoms with Gasteiger partial charge in [0.1, 0.15) is 11.3 Å². The van der Waals surface area contributed by atoms with E-state index in [1.54, 1.807) is 30.3 Å². The van der Waals surface area contributed by atoms with Crippen molar-refractivity contribution in [3.05, 3.63) is 71.2 Å². The Balaban J connectivity index is 2.01. The van der Waals surface area contributed by atoms with Crippen molar-refractivity contribution in [2.24, 2.45) is 0 Å². The summed E-state index contributed by atoms with van der Waals surface area (Å²) in [7, 11) is 0. The van der Waals surface area contributed by atoms with Crippen LogP contribution in [-0.2, 0) is 6.18 Å². The van der Waals surface area contributed by atoms with Crippen LogP contribution < -0.4 is 4.74 Å². The summed E-state index contributed by atoms with van der Waals surface area (Å²) >= 11 is 5.74. The zero-order chi connectivity index (χ0) is 17.2. The highest BCUT2D eigenvalue weighted by Gasteiger charge is 2.36. The second-order valence-electron chi connectivity index (χ2n) is 4.87. The van der Waals surface area contributed by atoms with Gasteiger partial charge in [-0.05, 0) is 30.3 Å². The molecule has 0 aliphatic carbocycles. The van der Waals surface area contributed by atoms with Gasteiger partial charge in [-0.25, -0.2) is 0 Å². The number of hydrogen-bond donors (Lipinski definition) is 0. The van der Waals surface area contributed by atoms with E-state index in [1.165, 1.54) is 24.3 Å². The first kappa shape index (κ1) is 16.3. The third kappa shape index (κ3) is 3.65. The average molecular weight is 351 g/mol. The van der Waals surface area contributed by atoms with Gasteiger partial charge in [0.15, 0.2) is 0 Å². The summed E-state index contributed by atoms with van der Waals surface area (Å²) in [4.78, 5) is 0. The van der Waals surface area contributed by atoms with Crippen molar-refractivity contribution in [3.63, 3.8) is 0 Å². The van der Waals surface area contributed by atoms with E-state index in [1.807, 2.05) is 0 Å². The molecular formula is C17H10ClF3N2O. The molecule has 1 heterocycles. The highest BCUT2D eigenvalue weighted by Crippen LogP contribution is 2.38. The van der Waals surface area contributed by atoms with Crippen LogP contribution in [0.2, 0.25) is 5.02 Å². The minimum atomic E-state index is -4.62. The maximum absolute atomic E-state index is 13.3. The fourth-order valence-corrected chi connectivity index (χ4v) is 2.15. The lowest BCUT2D eigenvalue weighted by molar-refractivity contribution is -0.139. The summed E-state index contributed by atoms with van der Waals surface area (Å²) in [6.07, 6.45) is -4.62. The zero-order valence-corrected chi connectivity index (χ0v) is 12.8. The SMILES string of the molecule is FC(F)(F)c1cc(-c2ccccc2)nnc1Oc1ccc(Cl)cc1. The van der Waals surface area contributed by atoms with Gasteiger partial charge in [-0.1, -0.05) is 41.9 Å². The van der Waals surface area contributed by atoms with Crippen molar-refractivity contribution in [1.82, 2.24) is 10.2 Å². The summed E-state index contributed by atoms with van der Waals surface area (Å²) < 4.78 is 45.3. The van der Waals surface area contributed by atoms with E-state index in [9.17, 15) is 13.2 Å². The molecule has 0 N–H and O–H groups in total. The molecule has 0 saturated heterocycles. The Kier molecular flexibility index (Phi) is 4.40. The van der Waals surface area contributed by atoms with Crippen LogP contribution in [-0.4, -0.2) is 10.2 Å². The van der Waals surface area contributed by atoms with Crippen molar-refractivity contribution in [2.45, 2.75) is 6.18 Å². The summed E-state index contributed by atoms with van der Waals surface area (Å²) in [5, 5.41) is 7.90. The lowest BCUT2D eigenvalue weighted by atomic mass is 10.1. The topological polar surface area (TPSA) is 35.0 Å². The number of benzene rings is 2. The van der Waals surface area contributed by atoms with Crippen LogP contribution >= 0.6 is 11.6 Å². The van der Waals surface area contributed by atoms with Gasteiger partial charge in [-0.3, -0.25) is 0 Å². The van der Waals surface area contributed by atoms with Gasteiger partial charge in [0, 0.05) is 10.6 Å². The summed E-state index contributed by atoms with van der Waals surface area (Å²) in [5.41, 5.74) is -0.341. The minimum absolute atomic E-state index is 0.117. The molecular weight excluding hydrogens is 341 g/mol. The van der Waals surface area contributed by atoms with Crippen LogP contribution in [0.3, 0.4) is 0 Å². The fourth-order valence-electron chi connectivity index (χ4n) is 2.02. The van der Waals surface area contributed by atoms with Gasteiger partial charge in [-0.15, -0.1) is 10.2 Å². The summed E-state index contributed by atoms with van der Waals surface area (Å²) in [5.74, 6) is -0.420. The molecule has 0 atom stereocenters. The minimum Gasteiger partial charge on any atom is -0.437 e. The van der Waals surface area contributed by atoms with Crippen molar-refractivity contribution in [2.75, 3.05) is 0 Å². The lowest BCUT2D eigenvalue weighted by Crippen LogP contribution is -2.10. The molecule has 0 spiro atoms. The Hall–Kier alpha value is -2.60. The zero-order valence-electron chi connectivity index (χ0n) is 12.1. The van der Waals surface area contributed by atoms with Crippen molar-refractivity contribution >= 4 is 11.6 Å². The molecule has 24 heavy (non-hydrogen) atoms. The van der Waals surface area contributed by atoms with Gasteiger partial charge in [0.05, 0.1) is 5.69 Å². The first-order valence-corrected chi connectivity index (χ1v) is 7.25. The van der Waals surface area contributed by atoms with Crippen LogP contribution in [0.15, 0.2) is 60.7 Å². The molecule has 0 fully saturated rings. The van der Waals surface area contributed by atoms with Gasteiger partial charge in [0.2, 0.25) is 0 Å². The molecule has 0 radical (unpaired) electrons. The quantitative estimate of drug-likeness (QED) is 0.616. The molecule has 3 rings (SSSR count). The normalized spacial score (nSPS) is 11.3. The lowest BCUT2D eigenvalue weighted by Gasteiger charge is -2.13. The van der Waals surface area contributed by atoms with Crippen molar-refractivity contribution in [3.8, 4) is 22.9 Å². The third-order valence-corrected chi connectivity index (χ3v) is 3.42. The second kappa shape index (κ2) is 6.49. The van der Waals surface area contributed by atoms with E-state index < -0.39 is 17.6 Å². The number of hydrogen-bond acceptors (Lipinski definition) is 3. The Morgan fingerprint density at radius 2 is 1.54 bits per heavy atom. The molecule has 0 aliphatic heterocycles. The van der Waals surface area contributed by atoms with E-state index in [0.717, 1.165) is 6.07 Å². The first-order chi connectivity index (χ1) is 11.4. The molecule has 2 aromatic carbocycles. The summed E-state index contributed by atoms with van der Waals surface area (Å²) in [6.45, 7) is 0. The molecule has 0 amide bonds. The number of rotatable bonds is 3. The van der Waals surface area contributed by atoms with Gasteiger partial charge >= 0.3 is 6.18 Å². The van der Waals surface area contributed by atoms with Crippen LogP contribution in [0.4, 0.5) is 13.2 Å². The number of halogens is 4. The Bertz CT molecular complexity index is 837. The smallest absolute Gasteiger partial charge is 0.421 e. The van der Waals surface area contributed by atoms with Crippen LogP contribution in [0.1, 0.15) is 5.56 Å². The predicted molar refractivity (Wildman–Crippen MR) is 84.0 cm³/mol. The molecule has 0 unspecified atom stereocenters. The van der Waals surface area contributed by atoms with E-state index in [0.29, 0.717) is 10.6 Å². The van der Waals surface area contributed by atoms with Crippen molar-refractivity contribution < 1.29 is 17.9 Å². The monoisotopic (exact) mass is 350 g/mol. The van der Waals surface area contributed by atoms with Gasteiger partial charge in [0.25, 0.3) is 5.88 Å². The van der Waals surface area contributed by atoms with Crippen LogP contribution in [0, 0.1) is 0 Å². The molecule has 3 aromatic rings. The highest BCUT2D eigenvalue weighted by molar-refractivity contribution is 6.30.